The highest BCUT2D eigenvalue weighted by atomic mass is 32.1. The highest BCUT2D eigenvalue weighted by molar-refractivity contribution is 7.17. The van der Waals surface area contributed by atoms with Crippen LogP contribution in [0.3, 0.4) is 0 Å². The molecule has 0 fully saturated rings. The van der Waals surface area contributed by atoms with Crippen LogP contribution < -0.4 is 15.8 Å². The van der Waals surface area contributed by atoms with Crippen LogP contribution in [-0.4, -0.2) is 24.1 Å². The Balaban J connectivity index is 1.57. The van der Waals surface area contributed by atoms with E-state index in [1.165, 1.54) is 11.3 Å². The summed E-state index contributed by atoms with van der Waals surface area (Å²) >= 11 is 1.42. The fourth-order valence-corrected chi connectivity index (χ4v) is 4.95. The molecule has 3 aromatic rings. The SMILES string of the molecule is COc1ccc(-c2cc(C(=O)Nc3sc4c(c3C(N)=O)CC[C@H](C)C4)no2)cc1. The third-order valence-electron chi connectivity index (χ3n) is 5.10. The number of rotatable bonds is 5. The van der Waals surface area contributed by atoms with Crippen LogP contribution >= 0.6 is 11.3 Å². The molecule has 0 saturated carbocycles. The van der Waals surface area contributed by atoms with Crippen molar-refractivity contribution in [3.05, 3.63) is 52.0 Å². The first-order valence-electron chi connectivity index (χ1n) is 9.33. The predicted octanol–water partition coefficient (Wildman–Crippen LogP) is 3.89. The van der Waals surface area contributed by atoms with Gasteiger partial charge in [0, 0.05) is 16.5 Å². The highest BCUT2D eigenvalue weighted by Crippen LogP contribution is 2.39. The van der Waals surface area contributed by atoms with Gasteiger partial charge in [-0.25, -0.2) is 0 Å². The van der Waals surface area contributed by atoms with E-state index in [9.17, 15) is 9.59 Å². The summed E-state index contributed by atoms with van der Waals surface area (Å²) in [5.41, 5.74) is 7.90. The van der Waals surface area contributed by atoms with E-state index in [1.807, 2.05) is 12.1 Å². The van der Waals surface area contributed by atoms with Gasteiger partial charge in [0.25, 0.3) is 11.8 Å². The smallest absolute Gasteiger partial charge is 0.278 e. The molecule has 2 aromatic heterocycles. The number of fused-ring (bicyclic) bond motifs is 1. The topological polar surface area (TPSA) is 107 Å². The van der Waals surface area contributed by atoms with Crippen LogP contribution in [0.25, 0.3) is 11.3 Å². The number of carbonyl (C=O) groups excluding carboxylic acids is 2. The standard InChI is InChI=1S/C21H21N3O4S/c1-11-3-8-14-17(9-11)29-21(18(14)19(22)25)23-20(26)15-10-16(28-24-15)12-4-6-13(27-2)7-5-12/h4-7,10-11H,3,8-9H2,1-2H3,(H2,22,25)(H,23,26)/t11-/m0/s1. The zero-order valence-corrected chi connectivity index (χ0v) is 17.0. The molecule has 3 N–H and O–H groups in total. The minimum Gasteiger partial charge on any atom is -0.497 e. The van der Waals surface area contributed by atoms with E-state index in [4.69, 9.17) is 15.0 Å². The number of carbonyl (C=O) groups is 2. The van der Waals surface area contributed by atoms with E-state index in [0.29, 0.717) is 22.2 Å². The van der Waals surface area contributed by atoms with Crippen molar-refractivity contribution in [2.45, 2.75) is 26.2 Å². The molecule has 150 valence electrons. The van der Waals surface area contributed by atoms with E-state index in [2.05, 4.69) is 17.4 Å². The van der Waals surface area contributed by atoms with Crippen LogP contribution in [0.4, 0.5) is 5.00 Å². The summed E-state index contributed by atoms with van der Waals surface area (Å²) in [5, 5.41) is 7.15. The van der Waals surface area contributed by atoms with Crippen molar-refractivity contribution >= 4 is 28.2 Å². The van der Waals surface area contributed by atoms with Gasteiger partial charge in [-0.15, -0.1) is 11.3 Å². The van der Waals surface area contributed by atoms with Crippen molar-refractivity contribution in [1.82, 2.24) is 5.16 Å². The van der Waals surface area contributed by atoms with Gasteiger partial charge in [-0.1, -0.05) is 12.1 Å². The molecule has 1 aliphatic rings. The lowest BCUT2D eigenvalue weighted by Crippen LogP contribution is -2.19. The number of anilines is 1. The Kier molecular flexibility index (Phi) is 5.10. The molecule has 1 aromatic carbocycles. The molecule has 0 aliphatic heterocycles. The van der Waals surface area contributed by atoms with Gasteiger partial charge >= 0.3 is 0 Å². The number of nitrogens with one attached hydrogen (secondary N) is 1. The Bertz CT molecular complexity index is 1070. The number of benzene rings is 1. The molecule has 1 atom stereocenters. The maximum Gasteiger partial charge on any atom is 0.278 e. The second-order valence-electron chi connectivity index (χ2n) is 7.18. The molecule has 1 aliphatic carbocycles. The van der Waals surface area contributed by atoms with Gasteiger partial charge in [-0.05, 0) is 55.0 Å². The van der Waals surface area contributed by atoms with E-state index in [1.54, 1.807) is 25.3 Å². The average molecular weight is 411 g/mol. The van der Waals surface area contributed by atoms with Crippen molar-refractivity contribution in [2.24, 2.45) is 11.7 Å². The fourth-order valence-electron chi connectivity index (χ4n) is 3.54. The van der Waals surface area contributed by atoms with E-state index in [-0.39, 0.29) is 5.69 Å². The van der Waals surface area contributed by atoms with Gasteiger partial charge in [0.1, 0.15) is 10.8 Å². The molecule has 8 heteroatoms. The first-order chi connectivity index (χ1) is 14.0. The van der Waals surface area contributed by atoms with Crippen molar-refractivity contribution in [1.29, 1.82) is 0 Å². The Morgan fingerprint density at radius 3 is 2.76 bits per heavy atom. The monoisotopic (exact) mass is 411 g/mol. The largest absolute Gasteiger partial charge is 0.497 e. The lowest BCUT2D eigenvalue weighted by atomic mass is 9.88. The number of nitrogens with two attached hydrogens (primary N) is 1. The summed E-state index contributed by atoms with van der Waals surface area (Å²) in [6.07, 6.45) is 2.69. The number of thiophene rings is 1. The number of hydrogen-bond donors (Lipinski definition) is 2. The Hall–Kier alpha value is -3.13. The van der Waals surface area contributed by atoms with Crippen LogP contribution in [0.15, 0.2) is 34.9 Å². The second kappa shape index (κ2) is 7.71. The van der Waals surface area contributed by atoms with Crippen LogP contribution in [0.5, 0.6) is 5.75 Å². The quantitative estimate of drug-likeness (QED) is 0.662. The predicted molar refractivity (Wildman–Crippen MR) is 110 cm³/mol. The fraction of sp³-hybridized carbons (Fsp3) is 0.286. The number of methoxy groups -OCH3 is 1. The molecule has 0 radical (unpaired) electrons. The summed E-state index contributed by atoms with van der Waals surface area (Å²) in [5.74, 6) is 0.774. The number of nitrogens with zero attached hydrogens (tertiary/aromatic N) is 1. The molecule has 0 unspecified atom stereocenters. The molecule has 7 nitrogen and oxygen atoms in total. The summed E-state index contributed by atoms with van der Waals surface area (Å²) in [6.45, 7) is 2.18. The van der Waals surface area contributed by atoms with Crippen molar-refractivity contribution in [3.63, 3.8) is 0 Å². The van der Waals surface area contributed by atoms with Crippen molar-refractivity contribution < 1.29 is 18.8 Å². The molecule has 0 saturated heterocycles. The molecule has 2 amide bonds. The summed E-state index contributed by atoms with van der Waals surface area (Å²) in [6, 6.07) is 8.81. The summed E-state index contributed by atoms with van der Waals surface area (Å²) < 4.78 is 10.5. The summed E-state index contributed by atoms with van der Waals surface area (Å²) in [7, 11) is 1.59. The summed E-state index contributed by atoms with van der Waals surface area (Å²) in [4.78, 5) is 25.9. The van der Waals surface area contributed by atoms with Gasteiger partial charge < -0.3 is 20.3 Å². The van der Waals surface area contributed by atoms with Crippen LogP contribution in [-0.2, 0) is 12.8 Å². The van der Waals surface area contributed by atoms with Crippen molar-refractivity contribution in [2.75, 3.05) is 12.4 Å². The number of primary amides is 1. The lowest BCUT2D eigenvalue weighted by Gasteiger charge is -2.18. The number of aromatic nitrogens is 1. The van der Waals surface area contributed by atoms with E-state index < -0.39 is 11.8 Å². The normalized spacial score (nSPS) is 15.6. The van der Waals surface area contributed by atoms with E-state index >= 15 is 0 Å². The third kappa shape index (κ3) is 3.75. The van der Waals surface area contributed by atoms with Gasteiger partial charge in [0.2, 0.25) is 0 Å². The zero-order valence-electron chi connectivity index (χ0n) is 16.2. The van der Waals surface area contributed by atoms with Crippen LogP contribution in [0.2, 0.25) is 0 Å². The van der Waals surface area contributed by atoms with Gasteiger partial charge in [0.05, 0.1) is 12.7 Å². The van der Waals surface area contributed by atoms with Crippen LogP contribution in [0.1, 0.15) is 44.6 Å². The van der Waals surface area contributed by atoms with Crippen LogP contribution in [0, 0.1) is 5.92 Å². The number of amides is 2. The lowest BCUT2D eigenvalue weighted by molar-refractivity contribution is 0.1000. The molecule has 4 rings (SSSR count). The maximum atomic E-state index is 12.7. The first kappa shape index (κ1) is 19.2. The third-order valence-corrected chi connectivity index (χ3v) is 6.27. The van der Waals surface area contributed by atoms with Gasteiger partial charge in [-0.2, -0.15) is 0 Å². The van der Waals surface area contributed by atoms with E-state index in [0.717, 1.165) is 41.0 Å². The highest BCUT2D eigenvalue weighted by Gasteiger charge is 2.28. The molecule has 0 spiro atoms. The van der Waals surface area contributed by atoms with Crippen molar-refractivity contribution in [3.8, 4) is 17.1 Å². The molecular weight excluding hydrogens is 390 g/mol. The molecule has 2 heterocycles. The van der Waals surface area contributed by atoms with Gasteiger partial charge in [0.15, 0.2) is 11.5 Å². The first-order valence-corrected chi connectivity index (χ1v) is 10.1. The Morgan fingerprint density at radius 1 is 1.31 bits per heavy atom. The molecular formula is C21H21N3O4S. The second-order valence-corrected chi connectivity index (χ2v) is 8.28. The Morgan fingerprint density at radius 2 is 2.07 bits per heavy atom. The molecule has 29 heavy (non-hydrogen) atoms. The molecule has 0 bridgehead atoms. The number of hydrogen-bond acceptors (Lipinski definition) is 6. The minimum absolute atomic E-state index is 0.131. The average Bonchev–Trinajstić information content (AvgIpc) is 3.32. The Labute approximate surface area is 171 Å². The maximum absolute atomic E-state index is 12.7. The zero-order chi connectivity index (χ0) is 20.5. The van der Waals surface area contributed by atoms with Gasteiger partial charge in [-0.3, -0.25) is 9.59 Å². The minimum atomic E-state index is -0.522. The number of ether oxygens (including phenoxy) is 1.